The zero-order valence-corrected chi connectivity index (χ0v) is 25.3. The lowest BCUT2D eigenvalue weighted by atomic mass is 10.0. The fraction of sp³-hybridized carbons (Fsp3) is 0.241. The van der Waals surface area contributed by atoms with Crippen molar-refractivity contribution < 1.29 is 41.8 Å². The highest BCUT2D eigenvalue weighted by Crippen LogP contribution is 2.37. The SMILES string of the molecule is CC(C)(C)OC(=O)c1ccc(NC(=O)CCN2C(=O)/C(=C/c3cc(-c4ccc(F)c(C(F)(F)F)c4)cs3)SC2=S)cc1O. The summed E-state index contributed by atoms with van der Waals surface area (Å²) in [4.78, 5) is 39.8. The Morgan fingerprint density at radius 2 is 1.81 bits per heavy atom. The number of hydrogen-bond acceptors (Lipinski definition) is 8. The van der Waals surface area contributed by atoms with Gasteiger partial charge in [0.05, 0.1) is 10.5 Å². The van der Waals surface area contributed by atoms with Crippen LogP contribution in [0.25, 0.3) is 17.2 Å². The largest absolute Gasteiger partial charge is 0.507 e. The van der Waals surface area contributed by atoms with Crippen molar-refractivity contribution in [3.8, 4) is 16.9 Å². The summed E-state index contributed by atoms with van der Waals surface area (Å²) in [6.07, 6.45) is -3.40. The van der Waals surface area contributed by atoms with E-state index in [0.717, 1.165) is 23.9 Å². The lowest BCUT2D eigenvalue weighted by molar-refractivity contribution is -0.140. The fourth-order valence-electron chi connectivity index (χ4n) is 3.88. The van der Waals surface area contributed by atoms with Gasteiger partial charge in [0, 0.05) is 29.6 Å². The number of halogens is 4. The van der Waals surface area contributed by atoms with E-state index in [0.29, 0.717) is 10.4 Å². The van der Waals surface area contributed by atoms with E-state index in [1.807, 2.05) is 0 Å². The monoisotopic (exact) mass is 652 g/mol. The minimum Gasteiger partial charge on any atom is -0.507 e. The number of thiophene rings is 1. The van der Waals surface area contributed by atoms with Gasteiger partial charge < -0.3 is 15.2 Å². The van der Waals surface area contributed by atoms with E-state index in [1.165, 1.54) is 40.5 Å². The molecule has 3 aromatic rings. The summed E-state index contributed by atoms with van der Waals surface area (Å²) in [5.74, 6) is -3.35. The van der Waals surface area contributed by atoms with Gasteiger partial charge in [0.1, 0.15) is 27.1 Å². The molecule has 1 aromatic heterocycles. The summed E-state index contributed by atoms with van der Waals surface area (Å²) in [5.41, 5.74) is -1.33. The molecule has 0 radical (unpaired) electrons. The fourth-order valence-corrected chi connectivity index (χ4v) is 6.10. The van der Waals surface area contributed by atoms with E-state index in [1.54, 1.807) is 38.3 Å². The van der Waals surface area contributed by atoms with Crippen LogP contribution >= 0.6 is 35.3 Å². The quantitative estimate of drug-likeness (QED) is 0.118. The zero-order chi connectivity index (χ0) is 31.7. The maximum Gasteiger partial charge on any atom is 0.419 e. The standard InChI is InChI=1S/C29H24F4N2O5S3/c1-28(2,3)40-26(39)19-6-5-17(12-22(19)36)34-24(37)8-9-35-25(38)23(43-27(35)41)13-18-10-16(14-42-18)15-4-7-21(30)20(11-15)29(31,32)33/h4-7,10-14,36H,8-9H2,1-3H3,(H,34,37)/b23-13-. The first kappa shape index (κ1) is 32.2. The number of aromatic hydroxyl groups is 1. The number of amides is 2. The number of thioether (sulfide) groups is 1. The first-order chi connectivity index (χ1) is 20.0. The van der Waals surface area contributed by atoms with E-state index < -0.39 is 40.9 Å². The van der Waals surface area contributed by atoms with Gasteiger partial charge in [0.2, 0.25) is 5.91 Å². The Kier molecular flexibility index (Phi) is 9.33. The van der Waals surface area contributed by atoms with Crippen molar-refractivity contribution in [1.82, 2.24) is 4.90 Å². The molecule has 1 aliphatic heterocycles. The molecule has 0 aliphatic carbocycles. The Morgan fingerprint density at radius 3 is 2.47 bits per heavy atom. The number of hydrogen-bond donors (Lipinski definition) is 2. The highest BCUT2D eigenvalue weighted by Gasteiger charge is 2.35. The third-order valence-electron chi connectivity index (χ3n) is 5.83. The van der Waals surface area contributed by atoms with Crippen LogP contribution < -0.4 is 5.32 Å². The maximum atomic E-state index is 13.7. The Morgan fingerprint density at radius 1 is 1.09 bits per heavy atom. The van der Waals surface area contributed by atoms with Gasteiger partial charge >= 0.3 is 12.1 Å². The maximum absolute atomic E-state index is 13.7. The molecular formula is C29H24F4N2O5S3. The van der Waals surface area contributed by atoms with Crippen molar-refractivity contribution in [3.63, 3.8) is 0 Å². The van der Waals surface area contributed by atoms with Gasteiger partial charge in [-0.2, -0.15) is 13.2 Å². The molecule has 4 rings (SSSR count). The average Bonchev–Trinajstić information content (AvgIpc) is 3.45. The zero-order valence-electron chi connectivity index (χ0n) is 22.9. The smallest absolute Gasteiger partial charge is 0.419 e. The van der Waals surface area contributed by atoms with Gasteiger partial charge in [0.15, 0.2) is 0 Å². The van der Waals surface area contributed by atoms with E-state index in [-0.39, 0.29) is 44.8 Å². The lowest BCUT2D eigenvalue weighted by Gasteiger charge is -2.20. The van der Waals surface area contributed by atoms with Crippen LogP contribution in [0.5, 0.6) is 5.75 Å². The van der Waals surface area contributed by atoms with Crippen LogP contribution in [-0.4, -0.2) is 44.3 Å². The summed E-state index contributed by atoms with van der Waals surface area (Å²) in [6, 6.07) is 8.31. The molecule has 2 heterocycles. The number of rotatable bonds is 7. The van der Waals surface area contributed by atoms with Crippen molar-refractivity contribution >= 4 is 69.2 Å². The summed E-state index contributed by atoms with van der Waals surface area (Å²) in [7, 11) is 0. The van der Waals surface area contributed by atoms with Crippen molar-refractivity contribution in [2.75, 3.05) is 11.9 Å². The Labute approximate surface area is 257 Å². The van der Waals surface area contributed by atoms with E-state index in [4.69, 9.17) is 17.0 Å². The van der Waals surface area contributed by atoms with Crippen LogP contribution in [0.15, 0.2) is 52.7 Å². The van der Waals surface area contributed by atoms with Crippen LogP contribution in [0.2, 0.25) is 0 Å². The Balaban J connectivity index is 1.37. The van der Waals surface area contributed by atoms with Crippen molar-refractivity contribution in [1.29, 1.82) is 0 Å². The summed E-state index contributed by atoms with van der Waals surface area (Å²) in [6.45, 7) is 5.05. The van der Waals surface area contributed by atoms with Crippen molar-refractivity contribution in [2.45, 2.75) is 39.0 Å². The van der Waals surface area contributed by atoms with E-state index in [9.17, 15) is 37.1 Å². The number of nitrogens with one attached hydrogen (secondary N) is 1. The molecule has 2 aromatic carbocycles. The molecule has 0 atom stereocenters. The number of benzene rings is 2. The van der Waals surface area contributed by atoms with Crippen molar-refractivity contribution in [2.24, 2.45) is 0 Å². The first-order valence-corrected chi connectivity index (χ1v) is 14.7. The molecule has 1 saturated heterocycles. The number of thiocarbonyl (C=S) groups is 1. The highest BCUT2D eigenvalue weighted by molar-refractivity contribution is 8.26. The molecule has 1 aliphatic rings. The topological polar surface area (TPSA) is 95.9 Å². The number of anilines is 1. The molecular weight excluding hydrogens is 629 g/mol. The van der Waals surface area contributed by atoms with E-state index >= 15 is 0 Å². The van der Waals surface area contributed by atoms with Gasteiger partial charge in [-0.25, -0.2) is 9.18 Å². The molecule has 43 heavy (non-hydrogen) atoms. The molecule has 0 bridgehead atoms. The van der Waals surface area contributed by atoms with Crippen LogP contribution in [0.4, 0.5) is 23.2 Å². The molecule has 1 fully saturated rings. The number of esters is 1. The van der Waals surface area contributed by atoms with Crippen molar-refractivity contribution in [3.05, 3.63) is 74.6 Å². The predicted octanol–water partition coefficient (Wildman–Crippen LogP) is 7.46. The summed E-state index contributed by atoms with van der Waals surface area (Å²) < 4.78 is 58.4. The second kappa shape index (κ2) is 12.5. The number of phenolic OH excluding ortho intramolecular Hbond substituents is 1. The molecule has 14 heteroatoms. The number of phenols is 1. The lowest BCUT2D eigenvalue weighted by Crippen LogP contribution is -2.31. The third-order valence-corrected chi connectivity index (χ3v) is 8.09. The Bertz CT molecular complexity index is 1640. The first-order valence-electron chi connectivity index (χ1n) is 12.6. The molecule has 2 amide bonds. The molecule has 0 unspecified atom stereocenters. The second-order valence-corrected chi connectivity index (χ2v) is 12.9. The number of ether oxygens (including phenoxy) is 1. The minimum atomic E-state index is -4.84. The van der Waals surface area contributed by atoms with Crippen LogP contribution in [0.3, 0.4) is 0 Å². The number of alkyl halides is 3. The molecule has 7 nitrogen and oxygen atoms in total. The normalized spacial score (nSPS) is 14.9. The van der Waals surface area contributed by atoms with Crippen LogP contribution in [0.1, 0.15) is 48.0 Å². The molecule has 0 saturated carbocycles. The molecule has 2 N–H and O–H groups in total. The molecule has 226 valence electrons. The van der Waals surface area contributed by atoms with Gasteiger partial charge in [-0.15, -0.1) is 11.3 Å². The number of carbonyl (C=O) groups excluding carboxylic acids is 3. The highest BCUT2D eigenvalue weighted by atomic mass is 32.2. The summed E-state index contributed by atoms with van der Waals surface area (Å²) >= 11 is 7.52. The third kappa shape index (κ3) is 8.00. The number of carbonyl (C=O) groups is 3. The average molecular weight is 653 g/mol. The van der Waals surface area contributed by atoms with E-state index in [2.05, 4.69) is 5.32 Å². The summed E-state index contributed by atoms with van der Waals surface area (Å²) in [5, 5.41) is 14.4. The van der Waals surface area contributed by atoms with Gasteiger partial charge in [-0.1, -0.05) is 30.0 Å². The van der Waals surface area contributed by atoms with Crippen LogP contribution in [0, 0.1) is 5.82 Å². The van der Waals surface area contributed by atoms with Gasteiger partial charge in [-0.05, 0) is 73.7 Å². The number of nitrogens with zero attached hydrogens (tertiary/aromatic N) is 1. The minimum absolute atomic E-state index is 0.0265. The predicted molar refractivity (Wildman–Crippen MR) is 161 cm³/mol. The Hall–Kier alpha value is -3.75. The second-order valence-electron chi connectivity index (χ2n) is 10.3. The van der Waals surface area contributed by atoms with Gasteiger partial charge in [0.25, 0.3) is 5.91 Å². The molecule has 0 spiro atoms. The van der Waals surface area contributed by atoms with Crippen LogP contribution in [-0.2, 0) is 20.5 Å². The van der Waals surface area contributed by atoms with Gasteiger partial charge in [-0.3, -0.25) is 14.5 Å².